The number of nitrogens with one attached hydrogen (secondary N) is 1. The summed E-state index contributed by atoms with van der Waals surface area (Å²) in [4.78, 5) is 29.2. The number of nitrogens with zero attached hydrogens (tertiary/aromatic N) is 1. The van der Waals surface area contributed by atoms with Crippen molar-refractivity contribution < 1.29 is 19.1 Å². The minimum Gasteiger partial charge on any atom is -0.497 e. The summed E-state index contributed by atoms with van der Waals surface area (Å²) in [5.41, 5.74) is 2.76. The Balaban J connectivity index is 1.73. The first-order chi connectivity index (χ1) is 14.5. The van der Waals surface area contributed by atoms with Gasteiger partial charge in [0.15, 0.2) is 0 Å². The van der Waals surface area contributed by atoms with Crippen molar-refractivity contribution in [3.05, 3.63) is 83.0 Å². The number of pyridine rings is 1. The van der Waals surface area contributed by atoms with Crippen LogP contribution in [0.4, 0.5) is 0 Å². The molecule has 0 aliphatic rings. The summed E-state index contributed by atoms with van der Waals surface area (Å²) in [5.74, 6) is -0.220. The molecule has 0 bridgehead atoms. The minimum absolute atomic E-state index is 0.283. The summed E-state index contributed by atoms with van der Waals surface area (Å²) in [7, 11) is 2.88. The van der Waals surface area contributed by atoms with Crippen molar-refractivity contribution in [3.63, 3.8) is 0 Å². The van der Waals surface area contributed by atoms with E-state index in [1.54, 1.807) is 43.5 Å². The molecule has 1 unspecified atom stereocenters. The van der Waals surface area contributed by atoms with E-state index in [4.69, 9.17) is 21.1 Å². The molecule has 0 fully saturated rings. The second-order valence-corrected chi connectivity index (χ2v) is 6.98. The van der Waals surface area contributed by atoms with Gasteiger partial charge in [-0.05, 0) is 42.0 Å². The summed E-state index contributed by atoms with van der Waals surface area (Å²) >= 11 is 5.90. The van der Waals surface area contributed by atoms with Crippen LogP contribution in [-0.2, 0) is 16.0 Å². The Hall–Kier alpha value is -3.38. The number of ether oxygens (including phenoxy) is 2. The van der Waals surface area contributed by atoms with E-state index in [2.05, 4.69) is 10.3 Å². The molecule has 0 spiro atoms. The number of hydrogen-bond acceptors (Lipinski definition) is 5. The van der Waals surface area contributed by atoms with E-state index < -0.39 is 17.9 Å². The number of carbonyl (C=O) groups is 2. The topological polar surface area (TPSA) is 77.5 Å². The van der Waals surface area contributed by atoms with Gasteiger partial charge < -0.3 is 14.8 Å². The second-order valence-electron chi connectivity index (χ2n) is 6.54. The lowest BCUT2D eigenvalue weighted by Gasteiger charge is -2.17. The van der Waals surface area contributed by atoms with Gasteiger partial charge in [0.1, 0.15) is 11.8 Å². The molecule has 0 saturated carbocycles. The average molecular weight is 425 g/mol. The lowest BCUT2D eigenvalue weighted by Crippen LogP contribution is -2.43. The number of carbonyl (C=O) groups excluding carboxylic acids is 2. The van der Waals surface area contributed by atoms with E-state index >= 15 is 0 Å². The van der Waals surface area contributed by atoms with E-state index in [0.717, 1.165) is 16.9 Å². The van der Waals surface area contributed by atoms with Crippen LogP contribution in [0.1, 0.15) is 15.9 Å². The molecule has 3 rings (SSSR count). The Labute approximate surface area is 179 Å². The smallest absolute Gasteiger partial charge is 0.328 e. The highest BCUT2D eigenvalue weighted by Gasteiger charge is 2.23. The third-order valence-electron chi connectivity index (χ3n) is 4.54. The SMILES string of the molecule is COC(=O)C(Cc1ccc(Cl)cc1)NC(=O)c1ccc(-c2cccc(OC)c2)nc1. The van der Waals surface area contributed by atoms with Crippen LogP contribution in [0.25, 0.3) is 11.3 Å². The van der Waals surface area contributed by atoms with Gasteiger partial charge in [-0.15, -0.1) is 0 Å². The number of esters is 1. The third-order valence-corrected chi connectivity index (χ3v) is 4.79. The number of rotatable bonds is 7. The molecule has 0 aliphatic heterocycles. The molecule has 7 heteroatoms. The van der Waals surface area contributed by atoms with Crippen molar-refractivity contribution >= 4 is 23.5 Å². The van der Waals surface area contributed by atoms with Crippen molar-refractivity contribution in [2.45, 2.75) is 12.5 Å². The van der Waals surface area contributed by atoms with Crippen molar-refractivity contribution in [3.8, 4) is 17.0 Å². The molecule has 0 saturated heterocycles. The van der Waals surface area contributed by atoms with Gasteiger partial charge in [0.05, 0.1) is 25.5 Å². The number of aromatic nitrogens is 1. The number of amides is 1. The Morgan fingerprint density at radius 2 is 1.83 bits per heavy atom. The Kier molecular flexibility index (Phi) is 7.03. The summed E-state index contributed by atoms with van der Waals surface area (Å²) in [6.07, 6.45) is 1.76. The minimum atomic E-state index is -0.832. The summed E-state index contributed by atoms with van der Waals surface area (Å²) in [6, 6.07) is 17.1. The van der Waals surface area contributed by atoms with Gasteiger partial charge in [-0.2, -0.15) is 0 Å². The first-order valence-electron chi connectivity index (χ1n) is 9.24. The standard InChI is InChI=1S/C23H21ClN2O4/c1-29-19-5-3-4-16(13-19)20-11-8-17(14-25-20)22(27)26-21(23(28)30-2)12-15-6-9-18(24)10-7-15/h3-11,13-14,21H,12H2,1-2H3,(H,26,27). The van der Waals surface area contributed by atoms with E-state index in [-0.39, 0.29) is 6.42 Å². The zero-order valence-corrected chi connectivity index (χ0v) is 17.3. The molecule has 6 nitrogen and oxygen atoms in total. The van der Waals surface area contributed by atoms with Crippen molar-refractivity contribution in [2.75, 3.05) is 14.2 Å². The van der Waals surface area contributed by atoms with Crippen molar-refractivity contribution in [1.29, 1.82) is 0 Å². The van der Waals surface area contributed by atoms with E-state index in [9.17, 15) is 9.59 Å². The first kappa shape index (κ1) is 21.3. The highest BCUT2D eigenvalue weighted by atomic mass is 35.5. The van der Waals surface area contributed by atoms with Crippen LogP contribution in [0.15, 0.2) is 66.9 Å². The number of hydrogen-bond donors (Lipinski definition) is 1. The molecule has 3 aromatic rings. The monoisotopic (exact) mass is 424 g/mol. The molecule has 0 radical (unpaired) electrons. The summed E-state index contributed by atoms with van der Waals surface area (Å²) in [5, 5.41) is 3.31. The molecule has 30 heavy (non-hydrogen) atoms. The largest absolute Gasteiger partial charge is 0.497 e. The maximum atomic E-state index is 12.7. The molecule has 2 aromatic carbocycles. The van der Waals surface area contributed by atoms with Gasteiger partial charge in [0.25, 0.3) is 5.91 Å². The van der Waals surface area contributed by atoms with Gasteiger partial charge in [0.2, 0.25) is 0 Å². The first-order valence-corrected chi connectivity index (χ1v) is 9.61. The zero-order chi connectivity index (χ0) is 21.5. The van der Waals surface area contributed by atoms with Gasteiger partial charge >= 0.3 is 5.97 Å². The fraction of sp³-hybridized carbons (Fsp3) is 0.174. The van der Waals surface area contributed by atoms with Crippen molar-refractivity contribution in [2.24, 2.45) is 0 Å². The Morgan fingerprint density at radius 3 is 2.47 bits per heavy atom. The third kappa shape index (κ3) is 5.36. The number of methoxy groups -OCH3 is 2. The number of benzene rings is 2. The molecule has 0 aliphatic carbocycles. The van der Waals surface area contributed by atoms with Gasteiger partial charge in [-0.25, -0.2) is 4.79 Å². The van der Waals surface area contributed by atoms with Gasteiger partial charge in [0, 0.05) is 23.2 Å². The van der Waals surface area contributed by atoms with E-state index in [0.29, 0.717) is 16.3 Å². The fourth-order valence-electron chi connectivity index (χ4n) is 2.91. The van der Waals surface area contributed by atoms with Crippen LogP contribution in [0.3, 0.4) is 0 Å². The van der Waals surface area contributed by atoms with Crippen molar-refractivity contribution in [1.82, 2.24) is 10.3 Å². The maximum Gasteiger partial charge on any atom is 0.328 e. The molecule has 1 heterocycles. The van der Waals surface area contributed by atoms with Crippen LogP contribution in [0, 0.1) is 0 Å². The van der Waals surface area contributed by atoms with Gasteiger partial charge in [-0.1, -0.05) is 35.9 Å². The molecular formula is C23H21ClN2O4. The fourth-order valence-corrected chi connectivity index (χ4v) is 3.04. The van der Waals surface area contributed by atoms with Gasteiger partial charge in [-0.3, -0.25) is 9.78 Å². The lowest BCUT2D eigenvalue weighted by atomic mass is 10.1. The maximum absolute atomic E-state index is 12.7. The van der Waals surface area contributed by atoms with Crippen LogP contribution < -0.4 is 10.1 Å². The number of halogens is 1. The Bertz CT molecular complexity index is 1020. The second kappa shape index (κ2) is 9.89. The average Bonchev–Trinajstić information content (AvgIpc) is 2.79. The molecule has 1 N–H and O–H groups in total. The molecule has 154 valence electrons. The predicted octanol–water partition coefficient (Wildman–Crippen LogP) is 3.92. The van der Waals surface area contributed by atoms with Crippen LogP contribution in [0.5, 0.6) is 5.75 Å². The molecule has 1 amide bonds. The highest BCUT2D eigenvalue weighted by Crippen LogP contribution is 2.22. The lowest BCUT2D eigenvalue weighted by molar-refractivity contribution is -0.142. The molecule has 1 aromatic heterocycles. The summed E-state index contributed by atoms with van der Waals surface area (Å²) < 4.78 is 10.1. The van der Waals surface area contributed by atoms with Crippen LogP contribution in [-0.4, -0.2) is 37.1 Å². The van der Waals surface area contributed by atoms with Crippen LogP contribution in [0.2, 0.25) is 5.02 Å². The van der Waals surface area contributed by atoms with Crippen LogP contribution >= 0.6 is 11.6 Å². The normalized spacial score (nSPS) is 11.4. The molecular weight excluding hydrogens is 404 g/mol. The summed E-state index contributed by atoms with van der Waals surface area (Å²) in [6.45, 7) is 0. The molecule has 1 atom stereocenters. The highest BCUT2D eigenvalue weighted by molar-refractivity contribution is 6.30. The Morgan fingerprint density at radius 1 is 1.07 bits per heavy atom. The quantitative estimate of drug-likeness (QED) is 0.581. The van der Waals surface area contributed by atoms with E-state index in [1.807, 2.05) is 24.3 Å². The predicted molar refractivity (Wildman–Crippen MR) is 115 cm³/mol. The van der Waals surface area contributed by atoms with E-state index in [1.165, 1.54) is 13.3 Å². The zero-order valence-electron chi connectivity index (χ0n) is 16.6.